The highest BCUT2D eigenvalue weighted by atomic mass is 35.5. The Bertz CT molecular complexity index is 858. The van der Waals surface area contributed by atoms with Crippen LogP contribution in [0.25, 0.3) is 6.08 Å². The molecule has 3 amide bonds. The van der Waals surface area contributed by atoms with Gasteiger partial charge < -0.3 is 10.1 Å². The third-order valence-corrected chi connectivity index (χ3v) is 4.04. The van der Waals surface area contributed by atoms with E-state index in [0.717, 1.165) is 16.0 Å². The van der Waals surface area contributed by atoms with Crippen LogP contribution in [0.2, 0.25) is 5.02 Å². The standard InChI is InChI=1S/C20H17ClN2O3/c1-2-11-23-19(24)18(22-20(23)25)12-14-5-9-17(10-6-14)26-13-15-3-7-16(21)8-4-15/h2-10,12H,1,11,13H2,(H,22,25)/b18-12+. The van der Waals surface area contributed by atoms with E-state index in [1.807, 2.05) is 48.5 Å². The summed E-state index contributed by atoms with van der Waals surface area (Å²) in [5.41, 5.74) is 2.04. The van der Waals surface area contributed by atoms with Gasteiger partial charge in [0.1, 0.15) is 18.1 Å². The smallest absolute Gasteiger partial charge is 0.329 e. The summed E-state index contributed by atoms with van der Waals surface area (Å²) in [4.78, 5) is 25.0. The minimum atomic E-state index is -0.441. The number of urea groups is 1. The number of benzene rings is 2. The van der Waals surface area contributed by atoms with Crippen LogP contribution in [0, 0.1) is 0 Å². The molecule has 5 nitrogen and oxygen atoms in total. The first-order valence-electron chi connectivity index (χ1n) is 7.99. The van der Waals surface area contributed by atoms with E-state index in [9.17, 15) is 9.59 Å². The van der Waals surface area contributed by atoms with E-state index < -0.39 is 6.03 Å². The maximum atomic E-state index is 12.2. The first-order valence-corrected chi connectivity index (χ1v) is 8.37. The highest BCUT2D eigenvalue weighted by Gasteiger charge is 2.32. The Morgan fingerprint density at radius 3 is 2.42 bits per heavy atom. The van der Waals surface area contributed by atoms with Crippen molar-refractivity contribution >= 4 is 29.6 Å². The fraction of sp³-hybridized carbons (Fsp3) is 0.100. The number of hydrogen-bond donors (Lipinski definition) is 1. The molecule has 1 N–H and O–H groups in total. The van der Waals surface area contributed by atoms with Gasteiger partial charge in [-0.2, -0.15) is 0 Å². The van der Waals surface area contributed by atoms with Gasteiger partial charge in [0.15, 0.2) is 0 Å². The second-order valence-corrected chi connectivity index (χ2v) is 6.11. The van der Waals surface area contributed by atoms with Gasteiger partial charge in [-0.3, -0.25) is 9.69 Å². The van der Waals surface area contributed by atoms with Crippen LogP contribution in [0.15, 0.2) is 66.9 Å². The predicted octanol–water partition coefficient (Wildman–Crippen LogP) is 4.00. The zero-order valence-electron chi connectivity index (χ0n) is 13.9. The zero-order valence-corrected chi connectivity index (χ0v) is 14.7. The topological polar surface area (TPSA) is 58.6 Å². The SMILES string of the molecule is C=CCN1C(=O)N/C(=C/c2ccc(OCc3ccc(Cl)cc3)cc2)C1=O. The molecule has 0 bridgehead atoms. The van der Waals surface area contributed by atoms with Crippen LogP contribution in [0.4, 0.5) is 4.79 Å². The van der Waals surface area contributed by atoms with Crippen molar-refractivity contribution in [3.8, 4) is 5.75 Å². The first-order chi connectivity index (χ1) is 12.6. The highest BCUT2D eigenvalue weighted by Crippen LogP contribution is 2.18. The summed E-state index contributed by atoms with van der Waals surface area (Å²) < 4.78 is 5.72. The molecule has 0 aliphatic carbocycles. The van der Waals surface area contributed by atoms with E-state index >= 15 is 0 Å². The van der Waals surface area contributed by atoms with Crippen molar-refractivity contribution < 1.29 is 14.3 Å². The van der Waals surface area contributed by atoms with Crippen molar-refractivity contribution in [1.82, 2.24) is 10.2 Å². The molecule has 0 saturated carbocycles. The molecule has 1 fully saturated rings. The fourth-order valence-corrected chi connectivity index (χ4v) is 2.57. The fourth-order valence-electron chi connectivity index (χ4n) is 2.44. The van der Waals surface area contributed by atoms with Gasteiger partial charge in [-0.05, 0) is 41.5 Å². The number of amides is 3. The molecular formula is C20H17ClN2O3. The number of ether oxygens (including phenoxy) is 1. The summed E-state index contributed by atoms with van der Waals surface area (Å²) in [5, 5.41) is 3.25. The maximum absolute atomic E-state index is 12.2. The van der Waals surface area contributed by atoms with E-state index in [0.29, 0.717) is 17.4 Å². The minimum absolute atomic E-state index is 0.180. The summed E-state index contributed by atoms with van der Waals surface area (Å²) in [6.07, 6.45) is 3.14. The molecule has 1 saturated heterocycles. The number of hydrogen-bond acceptors (Lipinski definition) is 3. The van der Waals surface area contributed by atoms with Gasteiger partial charge >= 0.3 is 6.03 Å². The lowest BCUT2D eigenvalue weighted by atomic mass is 10.2. The summed E-state index contributed by atoms with van der Waals surface area (Å²) >= 11 is 5.86. The molecule has 6 heteroatoms. The molecule has 26 heavy (non-hydrogen) atoms. The van der Waals surface area contributed by atoms with E-state index in [4.69, 9.17) is 16.3 Å². The second kappa shape index (κ2) is 7.89. The van der Waals surface area contributed by atoms with Gasteiger partial charge in [-0.15, -0.1) is 6.58 Å². The van der Waals surface area contributed by atoms with Gasteiger partial charge in [0.05, 0.1) is 0 Å². The second-order valence-electron chi connectivity index (χ2n) is 5.68. The molecule has 3 rings (SSSR count). The number of nitrogens with zero attached hydrogens (tertiary/aromatic N) is 1. The number of carbonyl (C=O) groups is 2. The Kier molecular flexibility index (Phi) is 5.39. The summed E-state index contributed by atoms with van der Waals surface area (Å²) in [7, 11) is 0. The van der Waals surface area contributed by atoms with Crippen LogP contribution in [-0.2, 0) is 11.4 Å². The van der Waals surface area contributed by atoms with E-state index in [-0.39, 0.29) is 18.1 Å². The third kappa shape index (κ3) is 4.13. The van der Waals surface area contributed by atoms with E-state index in [1.165, 1.54) is 6.08 Å². The van der Waals surface area contributed by atoms with Gasteiger partial charge in [0, 0.05) is 11.6 Å². The van der Waals surface area contributed by atoms with Crippen LogP contribution in [0.1, 0.15) is 11.1 Å². The Balaban J connectivity index is 1.64. The lowest BCUT2D eigenvalue weighted by molar-refractivity contribution is -0.122. The van der Waals surface area contributed by atoms with Crippen LogP contribution < -0.4 is 10.1 Å². The quantitative estimate of drug-likeness (QED) is 0.476. The van der Waals surface area contributed by atoms with E-state index in [1.54, 1.807) is 6.08 Å². The average Bonchev–Trinajstić information content (AvgIpc) is 2.90. The van der Waals surface area contributed by atoms with Crippen LogP contribution >= 0.6 is 11.6 Å². The Morgan fingerprint density at radius 1 is 1.08 bits per heavy atom. The van der Waals surface area contributed by atoms with Crippen molar-refractivity contribution in [1.29, 1.82) is 0 Å². The van der Waals surface area contributed by atoms with Crippen LogP contribution in [0.3, 0.4) is 0 Å². The van der Waals surface area contributed by atoms with Crippen molar-refractivity contribution in [2.45, 2.75) is 6.61 Å². The number of nitrogens with one attached hydrogen (secondary N) is 1. The zero-order chi connectivity index (χ0) is 18.5. The van der Waals surface area contributed by atoms with E-state index in [2.05, 4.69) is 11.9 Å². The molecule has 0 radical (unpaired) electrons. The summed E-state index contributed by atoms with van der Waals surface area (Å²) in [5.74, 6) is 0.343. The van der Waals surface area contributed by atoms with Crippen molar-refractivity contribution in [2.24, 2.45) is 0 Å². The molecule has 1 aliphatic rings. The number of rotatable bonds is 6. The van der Waals surface area contributed by atoms with Gasteiger partial charge in [-0.25, -0.2) is 4.79 Å². The lowest BCUT2D eigenvalue weighted by Crippen LogP contribution is -2.30. The molecule has 132 valence electrons. The number of halogens is 1. The summed E-state index contributed by atoms with van der Waals surface area (Å²) in [6, 6.07) is 14.3. The molecule has 2 aromatic carbocycles. The maximum Gasteiger partial charge on any atom is 0.329 e. The monoisotopic (exact) mass is 368 g/mol. The number of carbonyl (C=O) groups excluding carboxylic acids is 2. The largest absolute Gasteiger partial charge is 0.489 e. The first kappa shape index (κ1) is 17.8. The Labute approximate surface area is 156 Å². The third-order valence-electron chi connectivity index (χ3n) is 3.78. The Hall–Kier alpha value is -3.05. The molecule has 1 aliphatic heterocycles. The predicted molar refractivity (Wildman–Crippen MR) is 101 cm³/mol. The Morgan fingerprint density at radius 2 is 1.77 bits per heavy atom. The van der Waals surface area contributed by atoms with Crippen LogP contribution in [0.5, 0.6) is 5.75 Å². The lowest BCUT2D eigenvalue weighted by Gasteiger charge is -2.07. The van der Waals surface area contributed by atoms with Gasteiger partial charge in [0.2, 0.25) is 0 Å². The van der Waals surface area contributed by atoms with Gasteiger partial charge in [0.25, 0.3) is 5.91 Å². The van der Waals surface area contributed by atoms with Crippen molar-refractivity contribution in [3.63, 3.8) is 0 Å². The molecule has 0 unspecified atom stereocenters. The number of imide groups is 1. The summed E-state index contributed by atoms with van der Waals surface area (Å²) in [6.45, 7) is 4.15. The molecule has 0 spiro atoms. The molecule has 2 aromatic rings. The molecule has 1 heterocycles. The van der Waals surface area contributed by atoms with Crippen molar-refractivity contribution in [2.75, 3.05) is 6.54 Å². The van der Waals surface area contributed by atoms with Gasteiger partial charge in [-0.1, -0.05) is 41.9 Å². The highest BCUT2D eigenvalue weighted by molar-refractivity contribution is 6.30. The molecule has 0 atom stereocenters. The minimum Gasteiger partial charge on any atom is -0.489 e. The van der Waals surface area contributed by atoms with Crippen LogP contribution in [-0.4, -0.2) is 23.4 Å². The molecule has 0 aromatic heterocycles. The normalized spacial score (nSPS) is 15.3. The average molecular weight is 369 g/mol. The van der Waals surface area contributed by atoms with Crippen molar-refractivity contribution in [3.05, 3.63) is 83.0 Å². The molecular weight excluding hydrogens is 352 g/mol.